The SMILES string of the molecule is C[C@]12CC[C@H]3[C@@H](CCC4=CC(=O)CC[C@@]43C)[C@@H]1CC[C@H]2OC(=O)CCC(=O)N[C@@H](CO)C(=O)O. The van der Waals surface area contributed by atoms with Gasteiger partial charge in [-0.2, -0.15) is 0 Å². The van der Waals surface area contributed by atoms with E-state index < -0.39 is 30.5 Å². The number of carbonyl (C=O) groups is 4. The molecule has 4 aliphatic rings. The van der Waals surface area contributed by atoms with Crippen LogP contribution >= 0.6 is 0 Å². The zero-order chi connectivity index (χ0) is 24.7. The second-order valence-electron chi connectivity index (χ2n) is 11.2. The first-order chi connectivity index (χ1) is 16.1. The fourth-order valence-corrected chi connectivity index (χ4v) is 7.59. The van der Waals surface area contributed by atoms with Crippen molar-refractivity contribution < 1.29 is 34.1 Å². The zero-order valence-electron chi connectivity index (χ0n) is 20.2. The highest BCUT2D eigenvalue weighted by Gasteiger charge is 2.59. The van der Waals surface area contributed by atoms with Gasteiger partial charge in [-0.15, -0.1) is 0 Å². The van der Waals surface area contributed by atoms with Crippen LogP contribution in [0.25, 0.3) is 0 Å². The molecule has 0 aromatic heterocycles. The molecule has 8 heteroatoms. The minimum Gasteiger partial charge on any atom is -0.480 e. The third kappa shape index (κ3) is 4.41. The Hall–Kier alpha value is -2.22. The average Bonchev–Trinajstić information content (AvgIpc) is 3.12. The van der Waals surface area contributed by atoms with Crippen LogP contribution in [0.2, 0.25) is 0 Å². The second kappa shape index (κ2) is 9.44. The first kappa shape index (κ1) is 24.9. The molecule has 0 spiro atoms. The Kier molecular flexibility index (Phi) is 6.91. The van der Waals surface area contributed by atoms with E-state index in [-0.39, 0.29) is 35.6 Å². The van der Waals surface area contributed by atoms with Gasteiger partial charge in [0.05, 0.1) is 13.0 Å². The average molecular weight is 476 g/mol. The van der Waals surface area contributed by atoms with E-state index in [1.807, 2.05) is 6.08 Å². The molecule has 3 N–H and O–H groups in total. The molecule has 4 rings (SSSR count). The Labute approximate surface area is 200 Å². The Morgan fingerprint density at radius 3 is 2.56 bits per heavy atom. The second-order valence-corrected chi connectivity index (χ2v) is 11.2. The number of ether oxygens (including phenoxy) is 1. The number of allylic oxidation sites excluding steroid dienone is 1. The summed E-state index contributed by atoms with van der Waals surface area (Å²) in [6.45, 7) is 3.90. The van der Waals surface area contributed by atoms with Crippen molar-refractivity contribution in [2.45, 2.75) is 90.2 Å². The molecule has 34 heavy (non-hydrogen) atoms. The van der Waals surface area contributed by atoms with Crippen molar-refractivity contribution in [2.75, 3.05) is 6.61 Å². The number of ketones is 1. The van der Waals surface area contributed by atoms with Crippen LogP contribution in [0.5, 0.6) is 0 Å². The van der Waals surface area contributed by atoms with Crippen molar-refractivity contribution in [3.8, 4) is 0 Å². The molecular weight excluding hydrogens is 438 g/mol. The van der Waals surface area contributed by atoms with Gasteiger partial charge in [-0.1, -0.05) is 19.4 Å². The highest BCUT2D eigenvalue weighted by Crippen LogP contribution is 2.65. The maximum Gasteiger partial charge on any atom is 0.328 e. The molecule has 0 unspecified atom stereocenters. The number of aliphatic carboxylic acids is 1. The van der Waals surface area contributed by atoms with Crippen molar-refractivity contribution in [1.82, 2.24) is 5.32 Å². The van der Waals surface area contributed by atoms with Crippen LogP contribution in [0.15, 0.2) is 11.6 Å². The predicted octanol–water partition coefficient (Wildman–Crippen LogP) is 2.77. The quantitative estimate of drug-likeness (QED) is 0.483. The van der Waals surface area contributed by atoms with Crippen molar-refractivity contribution in [3.05, 3.63) is 11.6 Å². The fraction of sp³-hybridized carbons (Fsp3) is 0.769. The summed E-state index contributed by atoms with van der Waals surface area (Å²) >= 11 is 0. The number of carboxylic acid groups (broad SMARTS) is 1. The van der Waals surface area contributed by atoms with E-state index in [4.69, 9.17) is 14.9 Å². The molecule has 3 fully saturated rings. The van der Waals surface area contributed by atoms with Crippen LogP contribution in [0.3, 0.4) is 0 Å². The number of nitrogens with one attached hydrogen (secondary N) is 1. The van der Waals surface area contributed by atoms with Gasteiger partial charge in [-0.05, 0) is 74.2 Å². The molecule has 0 radical (unpaired) electrons. The number of aliphatic hydroxyl groups is 1. The normalized spacial score (nSPS) is 37.5. The van der Waals surface area contributed by atoms with Crippen LogP contribution in [0.1, 0.15) is 78.1 Å². The van der Waals surface area contributed by atoms with Crippen LogP contribution in [0.4, 0.5) is 0 Å². The summed E-state index contributed by atoms with van der Waals surface area (Å²) in [5.74, 6) is -0.447. The highest BCUT2D eigenvalue weighted by atomic mass is 16.5. The number of esters is 1. The van der Waals surface area contributed by atoms with E-state index in [1.165, 1.54) is 5.57 Å². The zero-order valence-corrected chi connectivity index (χ0v) is 20.2. The first-order valence-electron chi connectivity index (χ1n) is 12.6. The van der Waals surface area contributed by atoms with Crippen LogP contribution in [0, 0.1) is 28.6 Å². The lowest BCUT2D eigenvalue weighted by Gasteiger charge is -2.57. The molecule has 0 aromatic rings. The summed E-state index contributed by atoms with van der Waals surface area (Å²) in [6, 6.07) is -1.37. The van der Waals surface area contributed by atoms with Gasteiger partial charge in [0.2, 0.25) is 5.91 Å². The minimum absolute atomic E-state index is 0.0769. The number of fused-ring (bicyclic) bond motifs is 5. The Morgan fingerprint density at radius 2 is 1.85 bits per heavy atom. The van der Waals surface area contributed by atoms with E-state index in [0.717, 1.165) is 44.9 Å². The molecule has 3 saturated carbocycles. The molecule has 8 nitrogen and oxygen atoms in total. The lowest BCUT2D eigenvalue weighted by atomic mass is 9.47. The largest absolute Gasteiger partial charge is 0.480 e. The number of aliphatic hydroxyl groups excluding tert-OH is 1. The molecule has 0 aliphatic heterocycles. The van der Waals surface area contributed by atoms with Crippen LogP contribution < -0.4 is 5.32 Å². The highest BCUT2D eigenvalue weighted by molar-refractivity contribution is 5.91. The van der Waals surface area contributed by atoms with E-state index >= 15 is 0 Å². The minimum atomic E-state index is -1.37. The lowest BCUT2D eigenvalue weighted by molar-refractivity contribution is -0.160. The Balaban J connectivity index is 1.35. The monoisotopic (exact) mass is 475 g/mol. The van der Waals surface area contributed by atoms with E-state index in [0.29, 0.717) is 24.2 Å². The third-order valence-corrected chi connectivity index (χ3v) is 9.52. The smallest absolute Gasteiger partial charge is 0.328 e. The van der Waals surface area contributed by atoms with Gasteiger partial charge >= 0.3 is 11.9 Å². The lowest BCUT2D eigenvalue weighted by Crippen LogP contribution is -2.51. The molecule has 7 atom stereocenters. The summed E-state index contributed by atoms with van der Waals surface area (Å²) < 4.78 is 5.90. The van der Waals surface area contributed by atoms with Gasteiger partial charge in [0, 0.05) is 18.3 Å². The van der Waals surface area contributed by atoms with Gasteiger partial charge in [0.1, 0.15) is 12.1 Å². The van der Waals surface area contributed by atoms with Crippen molar-refractivity contribution in [1.29, 1.82) is 0 Å². The van der Waals surface area contributed by atoms with Crippen molar-refractivity contribution in [2.24, 2.45) is 28.6 Å². The van der Waals surface area contributed by atoms with Gasteiger partial charge < -0.3 is 20.3 Å². The molecule has 0 heterocycles. The van der Waals surface area contributed by atoms with Crippen molar-refractivity contribution >= 4 is 23.6 Å². The number of hydrogen-bond acceptors (Lipinski definition) is 6. The van der Waals surface area contributed by atoms with E-state index in [2.05, 4.69) is 19.2 Å². The topological polar surface area (TPSA) is 130 Å². The Morgan fingerprint density at radius 1 is 1.09 bits per heavy atom. The summed E-state index contributed by atoms with van der Waals surface area (Å²) in [5, 5.41) is 20.1. The number of carbonyl (C=O) groups excluding carboxylic acids is 3. The standard InChI is InChI=1S/C26H37NO7/c1-25-11-9-16(29)13-15(25)3-4-17-18-5-6-21(26(18,2)12-10-19(17)25)34-23(31)8-7-22(30)27-20(14-28)24(32)33/h13,17-21,28H,3-12,14H2,1-2H3,(H,27,30)(H,32,33)/t17-,18-,19-,20-,21+,25-,26-/m0/s1. The summed E-state index contributed by atoms with van der Waals surface area (Å²) in [7, 11) is 0. The maximum atomic E-state index is 12.6. The van der Waals surface area contributed by atoms with E-state index in [1.54, 1.807) is 0 Å². The molecule has 0 aromatic carbocycles. The number of hydrogen-bond donors (Lipinski definition) is 3. The van der Waals surface area contributed by atoms with Crippen LogP contribution in [-0.2, 0) is 23.9 Å². The Bertz CT molecular complexity index is 898. The predicted molar refractivity (Wildman–Crippen MR) is 122 cm³/mol. The van der Waals surface area contributed by atoms with Gasteiger partial charge in [0.25, 0.3) is 0 Å². The van der Waals surface area contributed by atoms with Crippen LogP contribution in [-0.4, -0.2) is 52.6 Å². The van der Waals surface area contributed by atoms with Gasteiger partial charge in [0.15, 0.2) is 5.78 Å². The van der Waals surface area contributed by atoms with Gasteiger partial charge in [-0.25, -0.2) is 4.79 Å². The van der Waals surface area contributed by atoms with Gasteiger partial charge in [-0.3, -0.25) is 14.4 Å². The molecule has 0 bridgehead atoms. The fourth-order valence-electron chi connectivity index (χ4n) is 7.59. The molecule has 4 aliphatic carbocycles. The molecule has 1 amide bonds. The molecular formula is C26H37NO7. The molecule has 0 saturated heterocycles. The summed E-state index contributed by atoms with van der Waals surface area (Å²) in [4.78, 5) is 47.4. The summed E-state index contributed by atoms with van der Waals surface area (Å²) in [6.07, 6.45) is 9.05. The van der Waals surface area contributed by atoms with E-state index in [9.17, 15) is 19.2 Å². The third-order valence-electron chi connectivity index (χ3n) is 9.52. The maximum absolute atomic E-state index is 12.6. The first-order valence-corrected chi connectivity index (χ1v) is 12.6. The molecule has 188 valence electrons. The number of carboxylic acids is 1. The number of rotatable bonds is 7. The number of amides is 1. The van der Waals surface area contributed by atoms with Crippen molar-refractivity contribution in [3.63, 3.8) is 0 Å². The summed E-state index contributed by atoms with van der Waals surface area (Å²) in [5.41, 5.74) is 1.38.